The smallest absolute Gasteiger partial charge is 0.249 e. The van der Waals surface area contributed by atoms with Crippen molar-refractivity contribution in [1.29, 1.82) is 0 Å². The standard InChI is InChI=1S/C31H43N5O3/c1-6-25-31(38)35(4)29-20(2)32-28(33-30(29)36(25)24-9-7-8-10-24)19-23-12-11-22(18-27(23)39-5)26(37)17-21-13-15-34(3)16-14-21/h11-12,18,21,24-25H,6-10,13-17,19H2,1-5H3/t25-/m1/s1. The highest BCUT2D eigenvalue weighted by atomic mass is 16.5. The van der Waals surface area contributed by atoms with Crippen LogP contribution in [0.3, 0.4) is 0 Å². The average Bonchev–Trinajstić information content (AvgIpc) is 3.46. The van der Waals surface area contributed by atoms with Crippen LogP contribution in [-0.4, -0.2) is 72.9 Å². The third-order valence-electron chi connectivity index (χ3n) is 8.99. The third kappa shape index (κ3) is 5.53. The largest absolute Gasteiger partial charge is 0.496 e. The molecule has 3 heterocycles. The van der Waals surface area contributed by atoms with E-state index in [2.05, 4.69) is 23.8 Å². The van der Waals surface area contributed by atoms with Crippen molar-refractivity contribution in [2.45, 2.75) is 83.7 Å². The van der Waals surface area contributed by atoms with Gasteiger partial charge in [-0.05, 0) is 71.1 Å². The van der Waals surface area contributed by atoms with Gasteiger partial charge in [-0.3, -0.25) is 9.59 Å². The molecule has 1 saturated carbocycles. The summed E-state index contributed by atoms with van der Waals surface area (Å²) in [4.78, 5) is 42.7. The fourth-order valence-corrected chi connectivity index (χ4v) is 6.72. The predicted octanol–water partition coefficient (Wildman–Crippen LogP) is 4.80. The summed E-state index contributed by atoms with van der Waals surface area (Å²) in [6, 6.07) is 5.92. The summed E-state index contributed by atoms with van der Waals surface area (Å²) in [6.07, 6.45) is 8.53. The van der Waals surface area contributed by atoms with Crippen LogP contribution in [0, 0.1) is 12.8 Å². The highest BCUT2D eigenvalue weighted by Crippen LogP contribution is 2.41. The molecule has 2 fully saturated rings. The predicted molar refractivity (Wildman–Crippen MR) is 154 cm³/mol. The topological polar surface area (TPSA) is 78.9 Å². The van der Waals surface area contributed by atoms with Gasteiger partial charge < -0.3 is 19.4 Å². The molecule has 2 aromatic rings. The Labute approximate surface area is 232 Å². The first-order valence-corrected chi connectivity index (χ1v) is 14.6. The van der Waals surface area contributed by atoms with Crippen molar-refractivity contribution >= 4 is 23.2 Å². The minimum Gasteiger partial charge on any atom is -0.496 e. The van der Waals surface area contributed by atoms with E-state index in [0.29, 0.717) is 41.9 Å². The summed E-state index contributed by atoms with van der Waals surface area (Å²) in [5.74, 6) is 3.03. The van der Waals surface area contributed by atoms with Gasteiger partial charge in [0.05, 0.1) is 12.8 Å². The number of Topliss-reactive ketones (excluding diaryl/α,β-unsaturated/α-hetero) is 1. The maximum absolute atomic E-state index is 13.3. The number of aromatic nitrogens is 2. The Kier molecular flexibility index (Phi) is 8.21. The molecular weight excluding hydrogens is 490 g/mol. The summed E-state index contributed by atoms with van der Waals surface area (Å²) in [5, 5.41) is 0. The second-order valence-corrected chi connectivity index (χ2v) is 11.6. The fraction of sp³-hybridized carbons (Fsp3) is 0.613. The molecular formula is C31H43N5O3. The maximum atomic E-state index is 13.3. The van der Waals surface area contributed by atoms with E-state index in [4.69, 9.17) is 14.7 Å². The van der Waals surface area contributed by atoms with Crippen molar-refractivity contribution < 1.29 is 14.3 Å². The number of nitrogens with zero attached hydrogens (tertiary/aromatic N) is 5. The molecule has 210 valence electrons. The van der Waals surface area contributed by atoms with Gasteiger partial charge in [-0.1, -0.05) is 31.9 Å². The van der Waals surface area contributed by atoms with Crippen LogP contribution in [0.25, 0.3) is 0 Å². The molecule has 8 heteroatoms. The van der Waals surface area contributed by atoms with Crippen LogP contribution < -0.4 is 14.5 Å². The molecule has 1 aliphatic carbocycles. The number of carbonyl (C=O) groups excluding carboxylic acids is 2. The van der Waals surface area contributed by atoms with E-state index >= 15 is 0 Å². The Bertz CT molecular complexity index is 1220. The maximum Gasteiger partial charge on any atom is 0.249 e. The van der Waals surface area contributed by atoms with E-state index in [1.54, 1.807) is 12.0 Å². The number of ketones is 1. The number of ether oxygens (including phenoxy) is 1. The first kappa shape index (κ1) is 27.6. The van der Waals surface area contributed by atoms with E-state index in [1.165, 1.54) is 12.8 Å². The minimum atomic E-state index is -0.197. The zero-order valence-corrected chi connectivity index (χ0v) is 24.2. The van der Waals surface area contributed by atoms with Crippen LogP contribution in [-0.2, 0) is 11.2 Å². The molecule has 3 aliphatic rings. The number of anilines is 2. The average molecular weight is 534 g/mol. The Morgan fingerprint density at radius 2 is 1.79 bits per heavy atom. The Morgan fingerprint density at radius 3 is 2.46 bits per heavy atom. The fourth-order valence-electron chi connectivity index (χ4n) is 6.72. The second kappa shape index (κ2) is 11.6. The molecule has 39 heavy (non-hydrogen) atoms. The van der Waals surface area contributed by atoms with Gasteiger partial charge in [0.15, 0.2) is 11.6 Å². The molecule has 1 aromatic carbocycles. The number of hydrogen-bond acceptors (Lipinski definition) is 7. The van der Waals surface area contributed by atoms with Crippen molar-refractivity contribution in [3.8, 4) is 5.75 Å². The molecule has 1 atom stereocenters. The highest BCUT2D eigenvalue weighted by molar-refractivity contribution is 6.05. The lowest BCUT2D eigenvalue weighted by Gasteiger charge is -2.44. The van der Waals surface area contributed by atoms with Gasteiger partial charge in [0.25, 0.3) is 0 Å². The van der Waals surface area contributed by atoms with Gasteiger partial charge in [0.2, 0.25) is 5.91 Å². The van der Waals surface area contributed by atoms with Gasteiger partial charge in [0.1, 0.15) is 23.3 Å². The highest BCUT2D eigenvalue weighted by Gasteiger charge is 2.42. The van der Waals surface area contributed by atoms with E-state index in [9.17, 15) is 9.59 Å². The summed E-state index contributed by atoms with van der Waals surface area (Å²) < 4.78 is 5.75. The molecule has 0 bridgehead atoms. The molecule has 1 aromatic heterocycles. The van der Waals surface area contributed by atoms with Gasteiger partial charge in [-0.2, -0.15) is 0 Å². The number of benzene rings is 1. The number of rotatable bonds is 8. The van der Waals surface area contributed by atoms with Crippen molar-refractivity contribution in [3.63, 3.8) is 0 Å². The van der Waals surface area contributed by atoms with Gasteiger partial charge >= 0.3 is 0 Å². The summed E-state index contributed by atoms with van der Waals surface area (Å²) in [7, 11) is 5.63. The number of likely N-dealkylation sites (N-methyl/N-ethyl adjacent to an activating group) is 1. The first-order valence-electron chi connectivity index (χ1n) is 14.6. The lowest BCUT2D eigenvalue weighted by atomic mass is 9.89. The molecule has 5 rings (SSSR count). The van der Waals surface area contributed by atoms with Crippen molar-refractivity contribution in [1.82, 2.24) is 14.9 Å². The number of likely N-dealkylation sites (tertiary alicyclic amines) is 1. The molecule has 1 amide bonds. The third-order valence-corrected chi connectivity index (χ3v) is 8.99. The zero-order chi connectivity index (χ0) is 27.7. The Morgan fingerprint density at radius 1 is 1.08 bits per heavy atom. The van der Waals surface area contributed by atoms with Gasteiger partial charge in [0, 0.05) is 37.1 Å². The minimum absolute atomic E-state index is 0.124. The monoisotopic (exact) mass is 533 g/mol. The van der Waals surface area contributed by atoms with E-state index in [1.807, 2.05) is 32.2 Å². The van der Waals surface area contributed by atoms with Crippen molar-refractivity contribution in [3.05, 3.63) is 40.8 Å². The number of aryl methyl sites for hydroxylation is 1. The van der Waals surface area contributed by atoms with E-state index in [0.717, 1.165) is 68.0 Å². The van der Waals surface area contributed by atoms with Crippen LogP contribution in [0.5, 0.6) is 5.75 Å². The zero-order valence-electron chi connectivity index (χ0n) is 24.2. The second-order valence-electron chi connectivity index (χ2n) is 11.6. The summed E-state index contributed by atoms with van der Waals surface area (Å²) >= 11 is 0. The lowest BCUT2D eigenvalue weighted by molar-refractivity contribution is -0.120. The number of carbonyl (C=O) groups is 2. The van der Waals surface area contributed by atoms with Crippen LogP contribution >= 0.6 is 0 Å². The Hall–Kier alpha value is -3.00. The molecule has 1 saturated heterocycles. The van der Waals surface area contributed by atoms with Crippen molar-refractivity contribution in [2.75, 3.05) is 44.1 Å². The molecule has 0 N–H and O–H groups in total. The van der Waals surface area contributed by atoms with Crippen LogP contribution in [0.1, 0.15) is 85.7 Å². The number of fused-ring (bicyclic) bond motifs is 1. The molecule has 0 radical (unpaired) electrons. The van der Waals surface area contributed by atoms with E-state index < -0.39 is 0 Å². The van der Waals surface area contributed by atoms with E-state index in [-0.39, 0.29) is 17.7 Å². The van der Waals surface area contributed by atoms with Crippen LogP contribution in [0.15, 0.2) is 18.2 Å². The van der Waals surface area contributed by atoms with Gasteiger partial charge in [-0.25, -0.2) is 9.97 Å². The number of amides is 1. The molecule has 2 aliphatic heterocycles. The van der Waals surface area contributed by atoms with Crippen LogP contribution in [0.4, 0.5) is 11.5 Å². The molecule has 8 nitrogen and oxygen atoms in total. The summed E-state index contributed by atoms with van der Waals surface area (Å²) in [6.45, 7) is 6.16. The quantitative estimate of drug-likeness (QED) is 0.451. The first-order chi connectivity index (χ1) is 18.8. The number of piperidine rings is 1. The van der Waals surface area contributed by atoms with Crippen LogP contribution in [0.2, 0.25) is 0 Å². The molecule has 0 unspecified atom stereocenters. The number of hydrogen-bond donors (Lipinski definition) is 0. The summed E-state index contributed by atoms with van der Waals surface area (Å²) in [5.41, 5.74) is 3.29. The Balaban J connectivity index is 1.41. The molecule has 0 spiro atoms. The van der Waals surface area contributed by atoms with Crippen molar-refractivity contribution in [2.24, 2.45) is 5.92 Å². The van der Waals surface area contributed by atoms with Gasteiger partial charge in [-0.15, -0.1) is 0 Å². The number of methoxy groups -OCH3 is 1. The SMILES string of the molecule is CC[C@@H]1C(=O)N(C)c2c(C)nc(Cc3ccc(C(=O)CC4CCN(C)CC4)cc3OC)nc2N1C1CCCC1. The lowest BCUT2D eigenvalue weighted by Crippen LogP contribution is -2.56. The normalized spacial score (nSPS) is 20.9.